The molecule has 0 aliphatic carbocycles. The van der Waals surface area contributed by atoms with Crippen LogP contribution in [-0.2, 0) is 11.8 Å². The van der Waals surface area contributed by atoms with Crippen molar-refractivity contribution < 1.29 is 28.7 Å². The summed E-state index contributed by atoms with van der Waals surface area (Å²) in [4.78, 5) is 70.9. The zero-order valence-corrected chi connectivity index (χ0v) is 29.1. The summed E-state index contributed by atoms with van der Waals surface area (Å²) in [6.07, 6.45) is 3.72. The lowest BCUT2D eigenvalue weighted by molar-refractivity contribution is -0.120. The Bertz CT molecular complexity index is 1830. The fraction of sp³-hybridized carbons (Fsp3) is 0.432. The number of carbonyl (C=O) groups excluding carboxylic acids is 4. The second-order valence-electron chi connectivity index (χ2n) is 13.2. The van der Waals surface area contributed by atoms with Crippen LogP contribution in [0.15, 0.2) is 53.5 Å². The van der Waals surface area contributed by atoms with Gasteiger partial charge in [0.15, 0.2) is 0 Å². The second kappa shape index (κ2) is 14.8. The van der Waals surface area contributed by atoms with E-state index in [2.05, 4.69) is 10.2 Å². The van der Waals surface area contributed by atoms with Crippen LogP contribution in [0.1, 0.15) is 45.5 Å². The third kappa shape index (κ3) is 7.23. The molecular formula is C37H44N6O7. The van der Waals surface area contributed by atoms with Gasteiger partial charge in [0.05, 0.1) is 25.5 Å². The molecule has 0 radical (unpaired) electrons. The third-order valence-electron chi connectivity index (χ3n) is 9.98. The van der Waals surface area contributed by atoms with Gasteiger partial charge in [-0.05, 0) is 73.2 Å². The second-order valence-corrected chi connectivity index (χ2v) is 13.2. The quantitative estimate of drug-likeness (QED) is 0.383. The summed E-state index contributed by atoms with van der Waals surface area (Å²) in [7, 11) is 4.79. The highest BCUT2D eigenvalue weighted by Gasteiger charge is 2.31. The van der Waals surface area contributed by atoms with E-state index >= 15 is 0 Å². The van der Waals surface area contributed by atoms with Crippen LogP contribution < -0.4 is 25.2 Å². The molecule has 5 amide bonds. The van der Waals surface area contributed by atoms with E-state index in [0.717, 1.165) is 43.6 Å². The predicted molar refractivity (Wildman–Crippen MR) is 188 cm³/mol. The van der Waals surface area contributed by atoms with Crippen molar-refractivity contribution in [2.75, 3.05) is 71.5 Å². The first kappa shape index (κ1) is 34.7. The van der Waals surface area contributed by atoms with Crippen molar-refractivity contribution >= 4 is 29.4 Å². The van der Waals surface area contributed by atoms with Gasteiger partial charge in [0, 0.05) is 83.2 Å². The third-order valence-corrected chi connectivity index (χ3v) is 9.98. The number of aryl methyl sites for hydroxylation is 2. The lowest BCUT2D eigenvalue weighted by Crippen LogP contribution is -2.50. The van der Waals surface area contributed by atoms with Gasteiger partial charge in [0.1, 0.15) is 11.5 Å². The Morgan fingerprint density at radius 3 is 2.16 bits per heavy atom. The highest BCUT2D eigenvalue weighted by molar-refractivity contribution is 6.07. The van der Waals surface area contributed by atoms with E-state index in [0.29, 0.717) is 66.0 Å². The van der Waals surface area contributed by atoms with Gasteiger partial charge in [0.25, 0.3) is 17.4 Å². The zero-order valence-electron chi connectivity index (χ0n) is 29.1. The smallest absolute Gasteiger partial charge is 0.328 e. The topological polar surface area (TPSA) is 134 Å². The lowest BCUT2D eigenvalue weighted by atomic mass is 9.95. The number of benzene rings is 2. The van der Waals surface area contributed by atoms with Crippen molar-refractivity contribution in [3.05, 3.63) is 75.7 Å². The van der Waals surface area contributed by atoms with Crippen LogP contribution in [-0.4, -0.2) is 110 Å². The highest BCUT2D eigenvalue weighted by atomic mass is 16.5. The Morgan fingerprint density at radius 2 is 1.50 bits per heavy atom. The predicted octanol–water partition coefficient (Wildman–Crippen LogP) is 3.13. The number of likely N-dealkylation sites (tertiary alicyclic amines) is 1. The minimum atomic E-state index is -0.529. The summed E-state index contributed by atoms with van der Waals surface area (Å²) in [6, 6.07) is 11.9. The maximum Gasteiger partial charge on any atom is 0.328 e. The van der Waals surface area contributed by atoms with Gasteiger partial charge in [-0.15, -0.1) is 0 Å². The number of amides is 5. The number of piperazine rings is 1. The van der Waals surface area contributed by atoms with Crippen LogP contribution in [0.4, 0.5) is 10.5 Å². The molecule has 3 fully saturated rings. The average Bonchev–Trinajstić information content (AvgIpc) is 3.13. The first-order valence-corrected chi connectivity index (χ1v) is 17.0. The average molecular weight is 685 g/mol. The molecule has 0 bridgehead atoms. The molecular weight excluding hydrogens is 640 g/mol. The Labute approximate surface area is 291 Å². The largest absolute Gasteiger partial charge is 0.496 e. The van der Waals surface area contributed by atoms with Crippen LogP contribution >= 0.6 is 0 Å². The fourth-order valence-electron chi connectivity index (χ4n) is 7.08. The number of nitrogens with one attached hydrogen (secondary N) is 1. The molecule has 0 unspecified atom stereocenters. The molecule has 3 aliphatic rings. The fourth-order valence-corrected chi connectivity index (χ4v) is 7.08. The first-order chi connectivity index (χ1) is 24.1. The van der Waals surface area contributed by atoms with Crippen molar-refractivity contribution in [3.63, 3.8) is 0 Å². The minimum Gasteiger partial charge on any atom is -0.496 e. The number of imide groups is 1. The van der Waals surface area contributed by atoms with Crippen LogP contribution in [0.5, 0.6) is 11.5 Å². The normalized spacial score (nSPS) is 17.5. The van der Waals surface area contributed by atoms with E-state index in [1.807, 2.05) is 28.0 Å². The number of nitrogens with zero attached hydrogens (tertiary/aromatic N) is 5. The molecule has 0 atom stereocenters. The van der Waals surface area contributed by atoms with E-state index in [1.54, 1.807) is 56.1 Å². The van der Waals surface area contributed by atoms with E-state index in [1.165, 1.54) is 12.0 Å². The maximum atomic E-state index is 13.6. The number of urea groups is 1. The molecule has 3 aliphatic heterocycles. The molecule has 0 spiro atoms. The Balaban J connectivity index is 1.01. The molecule has 4 heterocycles. The van der Waals surface area contributed by atoms with E-state index in [-0.39, 0.29) is 36.2 Å². The van der Waals surface area contributed by atoms with Gasteiger partial charge < -0.3 is 23.8 Å². The summed E-state index contributed by atoms with van der Waals surface area (Å²) >= 11 is 0. The van der Waals surface area contributed by atoms with E-state index in [9.17, 15) is 24.0 Å². The number of hydrogen-bond acceptors (Lipinski definition) is 8. The molecule has 3 aromatic rings. The van der Waals surface area contributed by atoms with Gasteiger partial charge in [-0.25, -0.2) is 4.79 Å². The number of hydrogen-bond donors (Lipinski definition) is 1. The van der Waals surface area contributed by atoms with Crippen molar-refractivity contribution in [2.24, 2.45) is 13.0 Å². The standard InChI is InChI=1S/C37H44N6O7/c1-24-19-28(23-39(2)34(24)45)26-5-7-29(32(21-26)50-4)36(47)42-17-15-40(16-18-42)22-25-9-12-41(13-10-25)35(46)27-6-8-31(49-3)30(20-27)43-14-11-33(44)38-37(43)48/h5-8,19-21,23,25H,9-18,22H2,1-4H3,(H,38,44,48). The molecule has 0 saturated carbocycles. The maximum absolute atomic E-state index is 13.6. The number of ether oxygens (including phenoxy) is 2. The molecule has 1 aromatic heterocycles. The number of methoxy groups -OCH3 is 2. The van der Waals surface area contributed by atoms with Crippen LogP contribution in [0, 0.1) is 12.8 Å². The van der Waals surface area contributed by atoms with Gasteiger partial charge in [-0.1, -0.05) is 6.07 Å². The minimum absolute atomic E-state index is 0.0425. The highest BCUT2D eigenvalue weighted by Crippen LogP contribution is 2.32. The molecule has 13 heteroatoms. The van der Waals surface area contributed by atoms with Gasteiger partial charge in [-0.3, -0.25) is 34.3 Å². The number of anilines is 1. The summed E-state index contributed by atoms with van der Waals surface area (Å²) < 4.78 is 12.6. The number of piperidine rings is 1. The van der Waals surface area contributed by atoms with Crippen molar-refractivity contribution in [1.29, 1.82) is 0 Å². The van der Waals surface area contributed by atoms with Crippen molar-refractivity contribution in [2.45, 2.75) is 26.2 Å². The van der Waals surface area contributed by atoms with Gasteiger partial charge in [0.2, 0.25) is 5.91 Å². The molecule has 2 aromatic carbocycles. The Kier molecular flexibility index (Phi) is 10.2. The number of pyridine rings is 1. The van der Waals surface area contributed by atoms with E-state index < -0.39 is 6.03 Å². The lowest BCUT2D eigenvalue weighted by Gasteiger charge is -2.39. The molecule has 3 saturated heterocycles. The molecule has 50 heavy (non-hydrogen) atoms. The Morgan fingerprint density at radius 1 is 0.800 bits per heavy atom. The molecule has 6 rings (SSSR count). The molecule has 1 N–H and O–H groups in total. The summed E-state index contributed by atoms with van der Waals surface area (Å²) in [5.74, 6) is 0.914. The Hall–Kier alpha value is -5.17. The number of carbonyl (C=O) groups is 4. The monoisotopic (exact) mass is 684 g/mol. The first-order valence-electron chi connectivity index (χ1n) is 17.0. The molecule has 13 nitrogen and oxygen atoms in total. The summed E-state index contributed by atoms with van der Waals surface area (Å²) in [5, 5.41) is 2.32. The SMILES string of the molecule is COc1cc(-c2cc(C)c(=O)n(C)c2)ccc1C(=O)N1CCN(CC2CCN(C(=O)c3ccc(OC)c(N4CCC(=O)NC4=O)c3)CC2)CC1. The summed E-state index contributed by atoms with van der Waals surface area (Å²) in [5.41, 5.74) is 3.80. The van der Waals surface area contributed by atoms with Gasteiger partial charge in [-0.2, -0.15) is 0 Å². The number of rotatable bonds is 8. The van der Waals surface area contributed by atoms with Crippen LogP contribution in [0.2, 0.25) is 0 Å². The van der Waals surface area contributed by atoms with Crippen LogP contribution in [0.3, 0.4) is 0 Å². The molecule has 264 valence electrons. The van der Waals surface area contributed by atoms with Gasteiger partial charge >= 0.3 is 6.03 Å². The van der Waals surface area contributed by atoms with Crippen molar-refractivity contribution in [1.82, 2.24) is 24.6 Å². The van der Waals surface area contributed by atoms with E-state index in [4.69, 9.17) is 9.47 Å². The van der Waals surface area contributed by atoms with Crippen LogP contribution in [0.25, 0.3) is 11.1 Å². The zero-order chi connectivity index (χ0) is 35.5. The number of aromatic nitrogens is 1. The van der Waals surface area contributed by atoms with Crippen molar-refractivity contribution in [3.8, 4) is 22.6 Å². The summed E-state index contributed by atoms with van der Waals surface area (Å²) in [6.45, 7) is 6.96.